The van der Waals surface area contributed by atoms with Crippen LogP contribution in [0.15, 0.2) is 40.9 Å². The Bertz CT molecular complexity index is 531. The highest BCUT2D eigenvalue weighted by molar-refractivity contribution is 9.10. The maximum Gasteiger partial charge on any atom is 0.227 e. The summed E-state index contributed by atoms with van der Waals surface area (Å²) in [5, 5.41) is 0.741. The third-order valence-electron chi connectivity index (χ3n) is 2.47. The monoisotopic (exact) mass is 313 g/mol. The van der Waals surface area contributed by atoms with Gasteiger partial charge in [-0.3, -0.25) is 0 Å². The van der Waals surface area contributed by atoms with E-state index >= 15 is 0 Å². The predicted molar refractivity (Wildman–Crippen MR) is 70.8 cm³/mol. The summed E-state index contributed by atoms with van der Waals surface area (Å²) < 4.78 is 13.6. The molecule has 0 aliphatic carbocycles. The van der Waals surface area contributed by atoms with Crippen molar-refractivity contribution in [1.29, 1.82) is 0 Å². The smallest absolute Gasteiger partial charge is 0.224 e. The zero-order chi connectivity index (χ0) is 12.3. The first-order valence-corrected chi connectivity index (χ1v) is 6.38. The van der Waals surface area contributed by atoms with E-state index in [1.54, 1.807) is 6.07 Å². The van der Waals surface area contributed by atoms with Gasteiger partial charge in [0.05, 0.1) is 4.47 Å². The minimum atomic E-state index is -0.471. The van der Waals surface area contributed by atoms with E-state index in [1.165, 1.54) is 0 Å². The van der Waals surface area contributed by atoms with Crippen molar-refractivity contribution in [2.45, 2.75) is 12.8 Å². The maximum absolute atomic E-state index is 13.2. The van der Waals surface area contributed by atoms with Crippen molar-refractivity contribution in [3.63, 3.8) is 0 Å². The molecule has 2 aromatic rings. The molecule has 0 spiro atoms. The van der Waals surface area contributed by atoms with Gasteiger partial charge in [0.1, 0.15) is 0 Å². The Labute approximate surface area is 113 Å². The number of benzene rings is 1. The standard InChI is InChI=1S/C13H10BrClFN/c14-11-8-7-10(17-13(11)16)6-5-9-3-1-2-4-12(9)15/h1-4,7-8H,5-6H2. The highest BCUT2D eigenvalue weighted by atomic mass is 79.9. The van der Waals surface area contributed by atoms with Crippen LogP contribution in [-0.2, 0) is 12.8 Å². The topological polar surface area (TPSA) is 12.9 Å². The number of pyridine rings is 1. The molecule has 0 saturated carbocycles. The van der Waals surface area contributed by atoms with Gasteiger partial charge in [-0.2, -0.15) is 4.39 Å². The Morgan fingerprint density at radius 1 is 1.12 bits per heavy atom. The molecule has 0 N–H and O–H groups in total. The molecule has 17 heavy (non-hydrogen) atoms. The molecule has 0 aliphatic heterocycles. The van der Waals surface area contributed by atoms with Crippen molar-refractivity contribution in [1.82, 2.24) is 4.98 Å². The van der Waals surface area contributed by atoms with Crippen molar-refractivity contribution in [3.8, 4) is 0 Å². The number of hydrogen-bond donors (Lipinski definition) is 0. The van der Waals surface area contributed by atoms with Crippen molar-refractivity contribution in [2.24, 2.45) is 0 Å². The number of nitrogens with zero attached hydrogens (tertiary/aromatic N) is 1. The first-order valence-electron chi connectivity index (χ1n) is 5.21. The molecule has 1 aromatic heterocycles. The molecule has 88 valence electrons. The zero-order valence-electron chi connectivity index (χ0n) is 8.96. The highest BCUT2D eigenvalue weighted by Crippen LogP contribution is 2.18. The molecule has 0 aliphatic rings. The summed E-state index contributed by atoms with van der Waals surface area (Å²) >= 11 is 9.12. The molecule has 2 rings (SSSR count). The lowest BCUT2D eigenvalue weighted by molar-refractivity contribution is 0.569. The van der Waals surface area contributed by atoms with Gasteiger partial charge in [0, 0.05) is 10.7 Å². The van der Waals surface area contributed by atoms with E-state index in [-0.39, 0.29) is 0 Å². The fraction of sp³-hybridized carbons (Fsp3) is 0.154. The predicted octanol–water partition coefficient (Wildman–Crippen LogP) is 4.42. The van der Waals surface area contributed by atoms with Gasteiger partial charge in [-0.05, 0) is 52.5 Å². The lowest BCUT2D eigenvalue weighted by atomic mass is 10.1. The second-order valence-electron chi connectivity index (χ2n) is 3.67. The minimum Gasteiger partial charge on any atom is -0.224 e. The summed E-state index contributed by atoms with van der Waals surface area (Å²) in [6.45, 7) is 0. The lowest BCUT2D eigenvalue weighted by Crippen LogP contribution is -1.97. The number of aryl methyl sites for hydroxylation is 2. The Balaban J connectivity index is 2.08. The zero-order valence-corrected chi connectivity index (χ0v) is 11.3. The van der Waals surface area contributed by atoms with E-state index in [4.69, 9.17) is 11.6 Å². The van der Waals surface area contributed by atoms with E-state index in [1.807, 2.05) is 30.3 Å². The number of aromatic nitrogens is 1. The van der Waals surface area contributed by atoms with Crippen LogP contribution in [-0.4, -0.2) is 4.98 Å². The quantitative estimate of drug-likeness (QED) is 0.764. The Morgan fingerprint density at radius 3 is 2.59 bits per heavy atom. The summed E-state index contributed by atoms with van der Waals surface area (Å²) in [4.78, 5) is 3.86. The van der Waals surface area contributed by atoms with E-state index in [0.717, 1.165) is 22.7 Å². The van der Waals surface area contributed by atoms with Gasteiger partial charge in [0.2, 0.25) is 5.95 Å². The summed E-state index contributed by atoms with van der Waals surface area (Å²) in [5.74, 6) is -0.471. The Morgan fingerprint density at radius 2 is 1.88 bits per heavy atom. The van der Waals surface area contributed by atoms with Crippen LogP contribution < -0.4 is 0 Å². The van der Waals surface area contributed by atoms with Gasteiger partial charge in [-0.15, -0.1) is 0 Å². The molecule has 1 nitrogen and oxygen atoms in total. The molecule has 0 atom stereocenters. The Hall–Kier alpha value is -0.930. The highest BCUT2D eigenvalue weighted by Gasteiger charge is 2.04. The van der Waals surface area contributed by atoms with Crippen LogP contribution in [0.25, 0.3) is 0 Å². The van der Waals surface area contributed by atoms with Crippen molar-refractivity contribution >= 4 is 27.5 Å². The second kappa shape index (κ2) is 5.61. The number of rotatable bonds is 3. The molecule has 0 bridgehead atoms. The molecule has 0 radical (unpaired) electrons. The molecule has 0 saturated heterocycles. The molecule has 0 unspecified atom stereocenters. The van der Waals surface area contributed by atoms with Gasteiger partial charge < -0.3 is 0 Å². The first kappa shape index (κ1) is 12.5. The van der Waals surface area contributed by atoms with E-state index < -0.39 is 5.95 Å². The average Bonchev–Trinajstić information content (AvgIpc) is 2.32. The van der Waals surface area contributed by atoms with Crippen molar-refractivity contribution in [3.05, 3.63) is 63.1 Å². The van der Waals surface area contributed by atoms with Crippen LogP contribution in [0, 0.1) is 5.95 Å². The van der Waals surface area contributed by atoms with E-state index in [2.05, 4.69) is 20.9 Å². The van der Waals surface area contributed by atoms with Gasteiger partial charge in [0.15, 0.2) is 0 Å². The first-order chi connectivity index (χ1) is 8.16. The maximum atomic E-state index is 13.2. The largest absolute Gasteiger partial charge is 0.227 e. The van der Waals surface area contributed by atoms with Gasteiger partial charge in [0.25, 0.3) is 0 Å². The van der Waals surface area contributed by atoms with Gasteiger partial charge >= 0.3 is 0 Å². The minimum absolute atomic E-state index is 0.388. The van der Waals surface area contributed by atoms with E-state index in [0.29, 0.717) is 10.9 Å². The second-order valence-corrected chi connectivity index (χ2v) is 4.93. The molecule has 0 amide bonds. The summed E-state index contributed by atoms with van der Waals surface area (Å²) in [6.07, 6.45) is 1.43. The van der Waals surface area contributed by atoms with Crippen LogP contribution in [0.2, 0.25) is 5.02 Å². The van der Waals surface area contributed by atoms with Crippen LogP contribution in [0.5, 0.6) is 0 Å². The van der Waals surface area contributed by atoms with Crippen LogP contribution in [0.4, 0.5) is 4.39 Å². The molecule has 4 heteroatoms. The lowest BCUT2D eigenvalue weighted by Gasteiger charge is -2.04. The van der Waals surface area contributed by atoms with Crippen molar-refractivity contribution in [2.75, 3.05) is 0 Å². The molecule has 1 heterocycles. The summed E-state index contributed by atoms with van der Waals surface area (Å²) in [5.41, 5.74) is 1.78. The molecular formula is C13H10BrClFN. The van der Waals surface area contributed by atoms with Gasteiger partial charge in [-0.1, -0.05) is 29.8 Å². The molecular weight excluding hydrogens is 305 g/mol. The normalized spacial score (nSPS) is 10.5. The number of hydrogen-bond acceptors (Lipinski definition) is 1. The van der Waals surface area contributed by atoms with Crippen LogP contribution in [0.3, 0.4) is 0 Å². The molecule has 0 fully saturated rings. The Kier molecular flexibility index (Phi) is 4.13. The van der Waals surface area contributed by atoms with Crippen LogP contribution in [0.1, 0.15) is 11.3 Å². The summed E-state index contributed by atoms with van der Waals surface area (Å²) in [6, 6.07) is 11.1. The SMILES string of the molecule is Fc1nc(CCc2ccccc2Cl)ccc1Br. The fourth-order valence-corrected chi connectivity index (χ4v) is 2.01. The fourth-order valence-electron chi connectivity index (χ4n) is 1.56. The van der Waals surface area contributed by atoms with Crippen molar-refractivity contribution < 1.29 is 4.39 Å². The average molecular weight is 315 g/mol. The van der Waals surface area contributed by atoms with Crippen LogP contribution >= 0.6 is 27.5 Å². The molecule has 1 aromatic carbocycles. The van der Waals surface area contributed by atoms with E-state index in [9.17, 15) is 4.39 Å². The third-order valence-corrected chi connectivity index (χ3v) is 3.43. The van der Waals surface area contributed by atoms with Gasteiger partial charge in [-0.25, -0.2) is 4.98 Å². The number of halogens is 3. The summed E-state index contributed by atoms with van der Waals surface area (Å²) in [7, 11) is 0. The third kappa shape index (κ3) is 3.27.